The Kier molecular flexibility index (Phi) is 4.03. The maximum atomic E-state index is 13.9. The van der Waals surface area contributed by atoms with Gasteiger partial charge in [0.05, 0.1) is 0 Å². The number of carbonyl (C=O) groups excluding carboxylic acids is 1. The normalized spacial score (nSPS) is 35.6. The molecule has 3 saturated heterocycles. The van der Waals surface area contributed by atoms with E-state index in [9.17, 15) is 14.3 Å². The SMILES string of the molecule is CC(C)C1(O)N2OC2(c2ccc(F)cc2)C2(c3ccccc3)OC12C(=O)Nc1ccccc1. The Balaban J connectivity index is 1.57. The highest BCUT2D eigenvalue weighted by atomic mass is 19.1. The first-order chi connectivity index (χ1) is 15.8. The lowest BCUT2D eigenvalue weighted by atomic mass is 9.74. The van der Waals surface area contributed by atoms with Gasteiger partial charge in [0.1, 0.15) is 5.82 Å². The Labute approximate surface area is 190 Å². The molecule has 0 bridgehead atoms. The van der Waals surface area contributed by atoms with Crippen molar-refractivity contribution in [2.45, 2.75) is 36.5 Å². The Hall–Kier alpha value is -3.10. The number of epoxide rings is 1. The number of anilines is 1. The van der Waals surface area contributed by atoms with E-state index in [0.717, 1.165) is 0 Å². The quantitative estimate of drug-likeness (QED) is 0.582. The third-order valence-electron chi connectivity index (χ3n) is 7.11. The molecule has 2 N–H and O–H groups in total. The van der Waals surface area contributed by atoms with Crippen LogP contribution in [0, 0.1) is 11.7 Å². The molecule has 0 saturated carbocycles. The number of amides is 1. The number of nitrogens with one attached hydrogen (secondary N) is 1. The predicted octanol–water partition coefficient (Wildman–Crippen LogP) is 3.89. The zero-order valence-electron chi connectivity index (χ0n) is 18.2. The molecule has 6 rings (SSSR count). The number of hydrogen-bond donors (Lipinski definition) is 2. The van der Waals surface area contributed by atoms with Crippen molar-refractivity contribution in [1.29, 1.82) is 0 Å². The molecule has 5 atom stereocenters. The van der Waals surface area contributed by atoms with E-state index in [1.807, 2.05) is 62.4 Å². The molecular weight excluding hydrogens is 423 g/mol. The van der Waals surface area contributed by atoms with Gasteiger partial charge in [0.25, 0.3) is 5.91 Å². The van der Waals surface area contributed by atoms with Crippen molar-refractivity contribution in [1.82, 2.24) is 5.06 Å². The second-order valence-corrected chi connectivity index (χ2v) is 9.07. The zero-order valence-corrected chi connectivity index (χ0v) is 18.2. The summed E-state index contributed by atoms with van der Waals surface area (Å²) >= 11 is 0. The van der Waals surface area contributed by atoms with Gasteiger partial charge in [0.15, 0.2) is 11.3 Å². The van der Waals surface area contributed by atoms with Gasteiger partial charge in [-0.15, -0.1) is 5.06 Å². The molecule has 3 aromatic rings. The molecule has 3 heterocycles. The number of rotatable bonds is 5. The molecule has 3 aliphatic rings. The molecule has 5 unspecified atom stereocenters. The van der Waals surface area contributed by atoms with Crippen molar-refractivity contribution < 1.29 is 23.9 Å². The molecule has 168 valence electrons. The molecular formula is C26H23FN2O4. The van der Waals surface area contributed by atoms with Crippen LogP contribution in [0.4, 0.5) is 10.1 Å². The summed E-state index contributed by atoms with van der Waals surface area (Å²) in [5, 5.41) is 16.5. The van der Waals surface area contributed by atoms with Crippen molar-refractivity contribution in [2.75, 3.05) is 5.32 Å². The number of aliphatic hydroxyl groups is 1. The van der Waals surface area contributed by atoms with Gasteiger partial charge < -0.3 is 15.2 Å². The number of halogens is 1. The average molecular weight is 446 g/mol. The van der Waals surface area contributed by atoms with Gasteiger partial charge >= 0.3 is 0 Å². The van der Waals surface area contributed by atoms with Crippen molar-refractivity contribution in [3.05, 3.63) is 102 Å². The third-order valence-corrected chi connectivity index (χ3v) is 7.11. The fourth-order valence-corrected chi connectivity index (χ4v) is 5.55. The second-order valence-electron chi connectivity index (χ2n) is 9.07. The molecule has 0 radical (unpaired) electrons. The largest absolute Gasteiger partial charge is 0.370 e. The summed E-state index contributed by atoms with van der Waals surface area (Å²) in [7, 11) is 0. The van der Waals surface area contributed by atoms with Crippen LogP contribution in [-0.4, -0.2) is 27.4 Å². The number of morpholine rings is 1. The molecule has 1 amide bonds. The summed E-state index contributed by atoms with van der Waals surface area (Å²) < 4.78 is 20.2. The first-order valence-electron chi connectivity index (χ1n) is 10.9. The van der Waals surface area contributed by atoms with Gasteiger partial charge in [-0.05, 0) is 29.8 Å². The van der Waals surface area contributed by atoms with E-state index < -0.39 is 40.3 Å². The number of hydrogen-bond acceptors (Lipinski definition) is 5. The number of nitrogens with zero attached hydrogens (tertiary/aromatic N) is 1. The van der Waals surface area contributed by atoms with Crippen LogP contribution in [0.3, 0.4) is 0 Å². The minimum Gasteiger partial charge on any atom is -0.370 e. The van der Waals surface area contributed by atoms with E-state index in [-0.39, 0.29) is 0 Å². The predicted molar refractivity (Wildman–Crippen MR) is 118 cm³/mol. The van der Waals surface area contributed by atoms with Gasteiger partial charge in [-0.25, -0.2) is 4.39 Å². The Morgan fingerprint density at radius 2 is 1.55 bits per heavy atom. The molecule has 0 aromatic heterocycles. The summed E-state index contributed by atoms with van der Waals surface area (Å²) in [5.41, 5.74) is -4.18. The smallest absolute Gasteiger partial charge is 0.264 e. The van der Waals surface area contributed by atoms with Crippen LogP contribution in [0.5, 0.6) is 0 Å². The van der Waals surface area contributed by atoms with Crippen LogP contribution in [0.1, 0.15) is 25.0 Å². The molecule has 3 aliphatic heterocycles. The Morgan fingerprint density at radius 3 is 2.15 bits per heavy atom. The fraction of sp³-hybridized carbons (Fsp3) is 0.269. The van der Waals surface area contributed by atoms with Gasteiger partial charge in [-0.1, -0.05) is 74.5 Å². The summed E-state index contributed by atoms with van der Waals surface area (Å²) in [4.78, 5) is 20.1. The van der Waals surface area contributed by atoms with Gasteiger partial charge in [0, 0.05) is 17.2 Å². The Morgan fingerprint density at radius 1 is 0.939 bits per heavy atom. The summed E-state index contributed by atoms with van der Waals surface area (Å²) in [6, 6.07) is 24.2. The number of benzene rings is 3. The lowest BCUT2D eigenvalue weighted by Crippen LogP contribution is -2.60. The summed E-state index contributed by atoms with van der Waals surface area (Å²) in [6.07, 6.45) is 0. The van der Waals surface area contributed by atoms with E-state index >= 15 is 0 Å². The van der Waals surface area contributed by atoms with Crippen LogP contribution >= 0.6 is 0 Å². The van der Waals surface area contributed by atoms with Crippen molar-refractivity contribution in [3.63, 3.8) is 0 Å². The van der Waals surface area contributed by atoms with Crippen molar-refractivity contribution in [3.8, 4) is 0 Å². The fourth-order valence-electron chi connectivity index (χ4n) is 5.55. The summed E-state index contributed by atoms with van der Waals surface area (Å²) in [5.74, 6) is -1.29. The van der Waals surface area contributed by atoms with Gasteiger partial charge in [0.2, 0.25) is 11.3 Å². The van der Waals surface area contributed by atoms with E-state index in [2.05, 4.69) is 5.32 Å². The molecule has 6 nitrogen and oxygen atoms in total. The number of ether oxygens (including phenoxy) is 1. The van der Waals surface area contributed by atoms with Crippen molar-refractivity contribution >= 4 is 11.6 Å². The van der Waals surface area contributed by atoms with Crippen LogP contribution in [0.25, 0.3) is 0 Å². The lowest BCUT2D eigenvalue weighted by Gasteiger charge is -2.34. The molecule has 0 aliphatic carbocycles. The maximum Gasteiger partial charge on any atom is 0.264 e. The van der Waals surface area contributed by atoms with E-state index in [1.54, 1.807) is 24.3 Å². The molecule has 0 spiro atoms. The minimum atomic E-state index is -1.78. The monoisotopic (exact) mass is 446 g/mol. The molecule has 33 heavy (non-hydrogen) atoms. The van der Waals surface area contributed by atoms with Crippen LogP contribution in [0.15, 0.2) is 84.9 Å². The van der Waals surface area contributed by atoms with E-state index in [0.29, 0.717) is 16.8 Å². The first kappa shape index (κ1) is 20.5. The van der Waals surface area contributed by atoms with Crippen LogP contribution < -0.4 is 5.32 Å². The zero-order chi connectivity index (χ0) is 23.1. The number of hydroxylamine groups is 2. The highest BCUT2D eigenvalue weighted by molar-refractivity contribution is 6.03. The first-order valence-corrected chi connectivity index (χ1v) is 10.9. The standard InChI is InChI=1S/C26H23FN2O4/c1-17(2)25(31)24(22(30)28-21-11-7-4-8-12-21)23(32-24,18-9-5-3-6-10-18)26(29(25)33-26)19-13-15-20(27)16-14-19/h3-17,31H,1-2H3,(H,28,30). The second kappa shape index (κ2) is 6.48. The van der Waals surface area contributed by atoms with Gasteiger partial charge in [-0.2, -0.15) is 0 Å². The summed E-state index contributed by atoms with van der Waals surface area (Å²) in [6.45, 7) is 3.63. The molecule has 3 aromatic carbocycles. The number of fused-ring (bicyclic) bond motifs is 3. The molecule has 3 fully saturated rings. The minimum absolute atomic E-state index is 0.391. The van der Waals surface area contributed by atoms with E-state index in [1.165, 1.54) is 17.2 Å². The van der Waals surface area contributed by atoms with Crippen molar-refractivity contribution in [2.24, 2.45) is 5.92 Å². The van der Waals surface area contributed by atoms with E-state index in [4.69, 9.17) is 9.57 Å². The number of para-hydroxylation sites is 1. The lowest BCUT2D eigenvalue weighted by molar-refractivity contribution is -0.191. The third kappa shape index (κ3) is 2.23. The van der Waals surface area contributed by atoms with Gasteiger partial charge in [-0.3, -0.25) is 9.63 Å². The van der Waals surface area contributed by atoms with Crippen LogP contribution in [0.2, 0.25) is 0 Å². The topological polar surface area (TPSA) is 77.4 Å². The highest BCUT2D eigenvalue weighted by Crippen LogP contribution is 2.84. The maximum absolute atomic E-state index is 13.9. The average Bonchev–Trinajstić information content (AvgIpc) is 3.72. The van der Waals surface area contributed by atoms with Crippen LogP contribution in [-0.2, 0) is 25.7 Å². The Bertz CT molecular complexity index is 1240. The highest BCUT2D eigenvalue weighted by Gasteiger charge is 3.06. The molecule has 7 heteroatoms. The number of carbonyl (C=O) groups is 1.